The van der Waals surface area contributed by atoms with Crippen LogP contribution in [-0.4, -0.2) is 22.7 Å². The average molecular weight is 303 g/mol. The third-order valence-electron chi connectivity index (χ3n) is 4.00. The molecule has 110 valence electrons. The van der Waals surface area contributed by atoms with Crippen molar-refractivity contribution in [1.29, 1.82) is 0 Å². The normalized spacial score (nSPS) is 22.0. The van der Waals surface area contributed by atoms with Crippen LogP contribution in [0.5, 0.6) is 0 Å². The molecule has 21 heavy (non-hydrogen) atoms. The molecule has 1 fully saturated rings. The number of nitrogens with one attached hydrogen (secondary N) is 2. The minimum absolute atomic E-state index is 0.0192. The number of amides is 2. The smallest absolute Gasteiger partial charge is 0.228 e. The number of rotatable bonds is 3. The van der Waals surface area contributed by atoms with Crippen LogP contribution < -0.4 is 10.6 Å². The molecule has 5 nitrogen and oxygen atoms in total. The number of hydrogen-bond donors (Lipinski definition) is 2. The molecule has 0 aliphatic carbocycles. The molecule has 0 unspecified atom stereocenters. The first-order valence-corrected chi connectivity index (χ1v) is 7.74. The predicted molar refractivity (Wildman–Crippen MR) is 81.8 cm³/mol. The van der Waals surface area contributed by atoms with Gasteiger partial charge in [0.2, 0.25) is 11.8 Å². The zero-order valence-corrected chi connectivity index (χ0v) is 12.6. The van der Waals surface area contributed by atoms with Gasteiger partial charge in [-0.3, -0.25) is 9.59 Å². The van der Waals surface area contributed by atoms with Crippen LogP contribution in [0.25, 0.3) is 10.1 Å². The largest absolute Gasteiger partial charge is 0.355 e. The Morgan fingerprint density at radius 2 is 2.29 bits per heavy atom. The van der Waals surface area contributed by atoms with Crippen molar-refractivity contribution >= 4 is 33.4 Å². The second kappa shape index (κ2) is 5.44. The zero-order chi connectivity index (χ0) is 14.9. The molecule has 0 saturated carbocycles. The lowest BCUT2D eigenvalue weighted by atomic mass is 9.81. The first-order chi connectivity index (χ1) is 10.1. The second-order valence-electron chi connectivity index (χ2n) is 5.65. The van der Waals surface area contributed by atoms with Gasteiger partial charge in [-0.05, 0) is 30.9 Å². The molecule has 2 amide bonds. The molecule has 1 atom stereocenters. The minimum Gasteiger partial charge on any atom is -0.355 e. The molecule has 0 bridgehead atoms. The molecular formula is C15H17N3O2S. The third-order valence-corrected chi connectivity index (χ3v) is 4.86. The summed E-state index contributed by atoms with van der Waals surface area (Å²) in [7, 11) is 0. The van der Waals surface area contributed by atoms with E-state index in [1.54, 1.807) is 0 Å². The van der Waals surface area contributed by atoms with E-state index in [1.807, 2.05) is 31.2 Å². The highest BCUT2D eigenvalue weighted by Crippen LogP contribution is 2.27. The Bertz CT molecular complexity index is 685. The van der Waals surface area contributed by atoms with Crippen molar-refractivity contribution in [3.05, 3.63) is 30.0 Å². The van der Waals surface area contributed by atoms with Gasteiger partial charge in [-0.25, -0.2) is 0 Å². The van der Waals surface area contributed by atoms with Gasteiger partial charge in [0, 0.05) is 18.4 Å². The van der Waals surface area contributed by atoms with Crippen LogP contribution >= 0.6 is 11.5 Å². The van der Waals surface area contributed by atoms with Gasteiger partial charge < -0.3 is 10.6 Å². The van der Waals surface area contributed by atoms with Gasteiger partial charge in [0.25, 0.3) is 0 Å². The van der Waals surface area contributed by atoms with Crippen molar-refractivity contribution in [2.24, 2.45) is 5.41 Å². The van der Waals surface area contributed by atoms with Gasteiger partial charge in [-0.1, -0.05) is 18.2 Å². The number of nitrogens with zero attached hydrogens (tertiary/aromatic N) is 1. The molecule has 2 heterocycles. The summed E-state index contributed by atoms with van der Waals surface area (Å²) in [5.41, 5.74) is 0.368. The number of carbonyl (C=O) groups excluding carboxylic acids is 2. The molecule has 1 aromatic heterocycles. The van der Waals surface area contributed by atoms with Crippen molar-refractivity contribution in [2.45, 2.75) is 26.3 Å². The van der Waals surface area contributed by atoms with Crippen molar-refractivity contribution in [3.63, 3.8) is 0 Å². The Kier molecular flexibility index (Phi) is 3.63. The molecule has 0 spiro atoms. The van der Waals surface area contributed by atoms with E-state index < -0.39 is 5.41 Å². The van der Waals surface area contributed by atoms with Crippen molar-refractivity contribution in [1.82, 2.24) is 15.0 Å². The number of piperidine rings is 1. The monoisotopic (exact) mass is 303 g/mol. The summed E-state index contributed by atoms with van der Waals surface area (Å²) in [5.74, 6) is -0.00893. The highest BCUT2D eigenvalue weighted by molar-refractivity contribution is 7.13. The van der Waals surface area contributed by atoms with E-state index in [0.29, 0.717) is 25.9 Å². The first-order valence-electron chi connectivity index (χ1n) is 6.97. The molecule has 1 aliphatic rings. The average Bonchev–Trinajstić information content (AvgIpc) is 2.91. The minimum atomic E-state index is -0.528. The van der Waals surface area contributed by atoms with Crippen LogP contribution in [0.2, 0.25) is 0 Å². The van der Waals surface area contributed by atoms with Crippen molar-refractivity contribution in [3.8, 4) is 0 Å². The lowest BCUT2D eigenvalue weighted by Crippen LogP contribution is -2.50. The Labute approximate surface area is 126 Å². The lowest BCUT2D eigenvalue weighted by Gasteiger charge is -2.32. The zero-order valence-electron chi connectivity index (χ0n) is 11.8. The molecular weight excluding hydrogens is 286 g/mol. The summed E-state index contributed by atoms with van der Waals surface area (Å²) in [5, 5.41) is 6.81. The predicted octanol–water partition coefficient (Wildman–Crippen LogP) is 1.83. The van der Waals surface area contributed by atoms with E-state index in [0.717, 1.165) is 15.8 Å². The van der Waals surface area contributed by atoms with Gasteiger partial charge in [0.15, 0.2) is 0 Å². The van der Waals surface area contributed by atoms with Crippen LogP contribution in [-0.2, 0) is 16.1 Å². The Morgan fingerprint density at radius 3 is 3.05 bits per heavy atom. The van der Waals surface area contributed by atoms with E-state index >= 15 is 0 Å². The van der Waals surface area contributed by atoms with Gasteiger partial charge in [-0.15, -0.1) is 0 Å². The van der Waals surface area contributed by atoms with Gasteiger partial charge in [-0.2, -0.15) is 4.37 Å². The van der Waals surface area contributed by atoms with Crippen LogP contribution in [0.1, 0.15) is 25.5 Å². The Hall–Kier alpha value is -1.95. The Morgan fingerprint density at radius 1 is 1.48 bits per heavy atom. The summed E-state index contributed by atoms with van der Waals surface area (Å²) in [6.45, 7) is 2.71. The van der Waals surface area contributed by atoms with Crippen molar-refractivity contribution in [2.75, 3.05) is 6.54 Å². The summed E-state index contributed by atoms with van der Waals surface area (Å²) in [6.07, 6.45) is 0.992. The summed E-state index contributed by atoms with van der Waals surface area (Å²) >= 11 is 1.44. The summed E-state index contributed by atoms with van der Waals surface area (Å²) in [6, 6.07) is 7.99. The molecule has 6 heteroatoms. The van der Waals surface area contributed by atoms with E-state index in [-0.39, 0.29) is 11.8 Å². The quantitative estimate of drug-likeness (QED) is 0.908. The topological polar surface area (TPSA) is 71.1 Å². The maximum absolute atomic E-state index is 12.4. The molecule has 1 saturated heterocycles. The van der Waals surface area contributed by atoms with Crippen LogP contribution in [0.4, 0.5) is 0 Å². The molecule has 3 rings (SSSR count). The SMILES string of the molecule is C[C@]1(C(=O)NCc2nsc3ccccc23)CCC(=O)NC1. The number of fused-ring (bicyclic) bond motifs is 1. The van der Waals surface area contributed by atoms with Gasteiger partial charge in [0.05, 0.1) is 22.4 Å². The fourth-order valence-corrected chi connectivity index (χ4v) is 3.29. The number of hydrogen-bond acceptors (Lipinski definition) is 4. The number of aromatic nitrogens is 1. The summed E-state index contributed by atoms with van der Waals surface area (Å²) in [4.78, 5) is 23.6. The van der Waals surface area contributed by atoms with Gasteiger partial charge >= 0.3 is 0 Å². The third kappa shape index (κ3) is 2.76. The molecule has 1 aromatic carbocycles. The lowest BCUT2D eigenvalue weighted by molar-refractivity contribution is -0.134. The standard InChI is InChI=1S/C15H17N3O2S/c1-15(7-6-13(19)17-9-15)14(20)16-8-11-10-4-2-3-5-12(10)21-18-11/h2-5H,6-9H2,1H3,(H,16,20)(H,17,19)/t15-/m0/s1. The molecule has 2 aromatic rings. The Balaban J connectivity index is 1.67. The highest BCUT2D eigenvalue weighted by Gasteiger charge is 2.36. The van der Waals surface area contributed by atoms with E-state index in [2.05, 4.69) is 15.0 Å². The van der Waals surface area contributed by atoms with E-state index in [4.69, 9.17) is 0 Å². The van der Waals surface area contributed by atoms with Crippen LogP contribution in [0.3, 0.4) is 0 Å². The maximum Gasteiger partial charge on any atom is 0.228 e. The fraction of sp³-hybridized carbons (Fsp3) is 0.400. The fourth-order valence-electron chi connectivity index (χ4n) is 2.50. The number of benzene rings is 1. The second-order valence-corrected chi connectivity index (χ2v) is 6.45. The molecule has 1 aliphatic heterocycles. The number of carbonyl (C=O) groups is 2. The molecule has 2 N–H and O–H groups in total. The van der Waals surface area contributed by atoms with Crippen LogP contribution in [0, 0.1) is 5.41 Å². The van der Waals surface area contributed by atoms with Gasteiger partial charge in [0.1, 0.15) is 0 Å². The first kappa shape index (κ1) is 14.0. The highest BCUT2D eigenvalue weighted by atomic mass is 32.1. The van der Waals surface area contributed by atoms with Crippen LogP contribution in [0.15, 0.2) is 24.3 Å². The summed E-state index contributed by atoms with van der Waals surface area (Å²) < 4.78 is 5.53. The van der Waals surface area contributed by atoms with E-state index in [9.17, 15) is 9.59 Å². The van der Waals surface area contributed by atoms with Crippen molar-refractivity contribution < 1.29 is 9.59 Å². The maximum atomic E-state index is 12.4. The van der Waals surface area contributed by atoms with E-state index in [1.165, 1.54) is 11.5 Å². The molecule has 0 radical (unpaired) electrons.